The Labute approximate surface area is 277 Å². The summed E-state index contributed by atoms with van der Waals surface area (Å²) in [6.45, 7) is 5.88. The van der Waals surface area contributed by atoms with Gasteiger partial charge < -0.3 is 29.7 Å². The van der Waals surface area contributed by atoms with Gasteiger partial charge in [-0.05, 0) is 93.8 Å². The molecule has 47 heavy (non-hydrogen) atoms. The number of hydrogen-bond donors (Lipinski definition) is 3. The first kappa shape index (κ1) is 34.1. The second-order valence-electron chi connectivity index (χ2n) is 13.3. The van der Waals surface area contributed by atoms with Gasteiger partial charge in [0.05, 0.1) is 12.7 Å². The summed E-state index contributed by atoms with van der Waals surface area (Å²) in [5.74, 6) is 0.194. The summed E-state index contributed by atoms with van der Waals surface area (Å²) < 4.78 is 18.0. The lowest BCUT2D eigenvalue weighted by atomic mass is 9.82. The molecule has 0 aromatic heterocycles. The van der Waals surface area contributed by atoms with Crippen molar-refractivity contribution in [1.82, 2.24) is 5.32 Å². The molecular weight excluding hydrogens is 596 g/mol. The summed E-state index contributed by atoms with van der Waals surface area (Å²) in [5, 5.41) is 22.4. The molecule has 3 aromatic carbocycles. The number of nitrogens with one attached hydrogen (secondary N) is 1. The molecule has 2 aliphatic rings. The molecule has 250 valence electrons. The maximum Gasteiger partial charge on any atom is 0.306 e. The van der Waals surface area contributed by atoms with E-state index in [0.717, 1.165) is 16.7 Å². The fourth-order valence-electron chi connectivity index (χ4n) is 6.07. The van der Waals surface area contributed by atoms with Crippen molar-refractivity contribution in [3.63, 3.8) is 0 Å². The van der Waals surface area contributed by atoms with Crippen LogP contribution in [0, 0.1) is 0 Å². The van der Waals surface area contributed by atoms with Crippen LogP contribution in [0.25, 0.3) is 11.1 Å². The van der Waals surface area contributed by atoms with Gasteiger partial charge in [0, 0.05) is 31.1 Å². The second kappa shape index (κ2) is 15.1. The number of esters is 1. The minimum Gasteiger partial charge on any atom is -0.494 e. The Hall–Kier alpha value is -4.21. The summed E-state index contributed by atoms with van der Waals surface area (Å²) in [6.07, 6.45) is 1.90. The van der Waals surface area contributed by atoms with Gasteiger partial charge in [-0.2, -0.15) is 0 Å². The molecule has 2 atom stereocenters. The maximum atomic E-state index is 14.5. The van der Waals surface area contributed by atoms with E-state index in [1.54, 1.807) is 12.1 Å². The standard InChI is InChI=1S/C38H46N2O7/c1-37(2,3)47-33(43)22-23-38(36(44)39-30-16-18-31(42)19-17-30)34(28-12-10-27(11-13-28)26-8-5-4-6-9-26)46-35(40-38)29-14-20-32(21-15-29)45-25-7-24-41/h4-6,8-15,20-21,30-31,34,41-42H,7,16-19,22-25H2,1-3H3,(H,39,44)/t30?,31?,34-,38-/m1/s1. The van der Waals surface area contributed by atoms with E-state index in [2.05, 4.69) is 5.32 Å². The highest BCUT2D eigenvalue weighted by Gasteiger charge is 2.53. The lowest BCUT2D eigenvalue weighted by Gasteiger charge is -2.34. The first-order chi connectivity index (χ1) is 22.6. The number of benzene rings is 3. The number of nitrogens with zero attached hydrogens (tertiary/aromatic N) is 1. The Balaban J connectivity index is 1.52. The van der Waals surface area contributed by atoms with E-state index in [-0.39, 0.29) is 37.5 Å². The number of rotatable bonds is 12. The number of carbonyl (C=O) groups excluding carboxylic acids is 2. The third-order valence-corrected chi connectivity index (χ3v) is 8.51. The molecule has 9 heteroatoms. The van der Waals surface area contributed by atoms with Crippen LogP contribution in [-0.2, 0) is 19.1 Å². The predicted molar refractivity (Wildman–Crippen MR) is 180 cm³/mol. The van der Waals surface area contributed by atoms with Crippen LogP contribution in [-0.4, -0.2) is 64.5 Å². The molecular formula is C38H46N2O7. The van der Waals surface area contributed by atoms with Crippen LogP contribution >= 0.6 is 0 Å². The summed E-state index contributed by atoms with van der Waals surface area (Å²) >= 11 is 0. The van der Waals surface area contributed by atoms with Crippen molar-refractivity contribution in [3.05, 3.63) is 90.0 Å². The molecule has 0 saturated heterocycles. The second-order valence-corrected chi connectivity index (χ2v) is 13.3. The van der Waals surface area contributed by atoms with E-state index in [1.165, 1.54) is 0 Å². The zero-order valence-electron chi connectivity index (χ0n) is 27.5. The van der Waals surface area contributed by atoms with E-state index in [0.29, 0.717) is 55.9 Å². The van der Waals surface area contributed by atoms with E-state index in [4.69, 9.17) is 24.3 Å². The molecule has 0 unspecified atom stereocenters. The fraction of sp³-hybridized carbons (Fsp3) is 0.447. The number of hydrogen-bond acceptors (Lipinski definition) is 8. The summed E-state index contributed by atoms with van der Waals surface area (Å²) in [4.78, 5) is 32.6. The quantitative estimate of drug-likeness (QED) is 0.166. The molecule has 1 heterocycles. The van der Waals surface area contributed by atoms with Gasteiger partial charge in [0.15, 0.2) is 11.6 Å². The summed E-state index contributed by atoms with van der Waals surface area (Å²) in [7, 11) is 0. The van der Waals surface area contributed by atoms with Gasteiger partial charge >= 0.3 is 5.97 Å². The summed E-state index contributed by atoms with van der Waals surface area (Å²) in [6, 6.07) is 25.1. The average Bonchev–Trinajstić information content (AvgIpc) is 3.46. The molecule has 3 N–H and O–H groups in total. The first-order valence-electron chi connectivity index (χ1n) is 16.5. The van der Waals surface area contributed by atoms with Gasteiger partial charge in [-0.25, -0.2) is 4.99 Å². The van der Waals surface area contributed by atoms with Crippen LogP contribution < -0.4 is 10.1 Å². The van der Waals surface area contributed by atoms with Crippen LogP contribution in [0.15, 0.2) is 83.9 Å². The third kappa shape index (κ3) is 8.78. The molecule has 1 amide bonds. The molecule has 0 spiro atoms. The Morgan fingerprint density at radius 3 is 2.19 bits per heavy atom. The molecule has 0 bridgehead atoms. The van der Waals surface area contributed by atoms with E-state index >= 15 is 0 Å². The van der Waals surface area contributed by atoms with Crippen molar-refractivity contribution in [2.24, 2.45) is 4.99 Å². The van der Waals surface area contributed by atoms with E-state index in [1.807, 2.05) is 87.5 Å². The van der Waals surface area contributed by atoms with Crippen molar-refractivity contribution in [3.8, 4) is 16.9 Å². The molecule has 0 radical (unpaired) electrons. The topological polar surface area (TPSA) is 127 Å². The smallest absolute Gasteiger partial charge is 0.306 e. The molecule has 1 saturated carbocycles. The normalized spacial score (nSPS) is 22.6. The van der Waals surface area contributed by atoms with Crippen molar-refractivity contribution in [1.29, 1.82) is 0 Å². The molecule has 9 nitrogen and oxygen atoms in total. The molecule has 1 aliphatic carbocycles. The number of carbonyl (C=O) groups is 2. The van der Waals surface area contributed by atoms with Crippen LogP contribution in [0.2, 0.25) is 0 Å². The number of aliphatic hydroxyl groups is 2. The number of aliphatic hydroxyl groups excluding tert-OH is 2. The minimum absolute atomic E-state index is 0.0373. The van der Waals surface area contributed by atoms with Gasteiger partial charge in [0.25, 0.3) is 5.91 Å². The number of ether oxygens (including phenoxy) is 3. The van der Waals surface area contributed by atoms with Crippen LogP contribution in [0.5, 0.6) is 5.75 Å². The third-order valence-electron chi connectivity index (χ3n) is 8.51. The lowest BCUT2D eigenvalue weighted by Crippen LogP contribution is -2.52. The molecule has 3 aromatic rings. The Kier molecular flexibility index (Phi) is 11.0. The Morgan fingerprint density at radius 2 is 1.55 bits per heavy atom. The maximum absolute atomic E-state index is 14.5. The predicted octanol–water partition coefficient (Wildman–Crippen LogP) is 5.91. The van der Waals surface area contributed by atoms with Crippen LogP contribution in [0.1, 0.15) is 82.9 Å². The van der Waals surface area contributed by atoms with Crippen molar-refractivity contribution in [2.75, 3.05) is 13.2 Å². The Morgan fingerprint density at radius 1 is 0.915 bits per heavy atom. The minimum atomic E-state index is -1.47. The Bertz CT molecular complexity index is 1510. The lowest BCUT2D eigenvalue weighted by molar-refractivity contribution is -0.155. The van der Waals surface area contributed by atoms with Crippen molar-refractivity contribution >= 4 is 17.8 Å². The fourth-order valence-corrected chi connectivity index (χ4v) is 6.07. The molecule has 5 rings (SSSR count). The highest BCUT2D eigenvalue weighted by atomic mass is 16.6. The SMILES string of the molecule is CC(C)(C)OC(=O)CC[C@@]1(C(=O)NC2CCC(O)CC2)N=C(c2ccc(OCCCO)cc2)O[C@@H]1c1ccc(-c2ccccc2)cc1. The van der Waals surface area contributed by atoms with Crippen molar-refractivity contribution in [2.45, 2.75) is 95.1 Å². The monoisotopic (exact) mass is 642 g/mol. The van der Waals surface area contributed by atoms with Gasteiger partial charge in [0.2, 0.25) is 5.90 Å². The van der Waals surface area contributed by atoms with Gasteiger partial charge in [-0.15, -0.1) is 0 Å². The van der Waals surface area contributed by atoms with E-state index < -0.39 is 23.2 Å². The summed E-state index contributed by atoms with van der Waals surface area (Å²) in [5.41, 5.74) is 1.37. The van der Waals surface area contributed by atoms with Crippen molar-refractivity contribution < 1.29 is 34.0 Å². The van der Waals surface area contributed by atoms with Crippen LogP contribution in [0.3, 0.4) is 0 Å². The zero-order valence-corrected chi connectivity index (χ0v) is 27.5. The highest BCUT2D eigenvalue weighted by molar-refractivity contribution is 6.01. The largest absolute Gasteiger partial charge is 0.494 e. The van der Waals surface area contributed by atoms with Crippen LogP contribution in [0.4, 0.5) is 0 Å². The number of amides is 1. The van der Waals surface area contributed by atoms with E-state index in [9.17, 15) is 14.7 Å². The number of aliphatic imine (C=N–C) groups is 1. The molecule has 1 aliphatic heterocycles. The van der Waals surface area contributed by atoms with Gasteiger partial charge in [-0.1, -0.05) is 54.6 Å². The highest BCUT2D eigenvalue weighted by Crippen LogP contribution is 2.44. The van der Waals surface area contributed by atoms with Gasteiger partial charge in [-0.3, -0.25) is 9.59 Å². The first-order valence-corrected chi connectivity index (χ1v) is 16.5. The molecule has 1 fully saturated rings. The average molecular weight is 643 g/mol. The zero-order chi connectivity index (χ0) is 33.4. The van der Waals surface area contributed by atoms with Gasteiger partial charge in [0.1, 0.15) is 11.4 Å².